The van der Waals surface area contributed by atoms with Crippen LogP contribution >= 0.6 is 0 Å². The summed E-state index contributed by atoms with van der Waals surface area (Å²) in [6.07, 6.45) is 1.50. The third kappa shape index (κ3) is 4.44. The van der Waals surface area contributed by atoms with Gasteiger partial charge in [0.2, 0.25) is 11.8 Å². The van der Waals surface area contributed by atoms with Crippen molar-refractivity contribution in [3.63, 3.8) is 0 Å². The number of nitrogens with zero attached hydrogens (tertiary/aromatic N) is 1. The Morgan fingerprint density at radius 3 is 2.12 bits per heavy atom. The molecule has 132 valence electrons. The van der Waals surface area contributed by atoms with Gasteiger partial charge < -0.3 is 10.2 Å². The SMILES string of the molecule is CCc1cccc(CC)c1N(CC(=O)Nc1ccccc1F)C(C)=O. The van der Waals surface area contributed by atoms with Gasteiger partial charge in [-0.3, -0.25) is 9.59 Å². The highest BCUT2D eigenvalue weighted by atomic mass is 19.1. The van der Waals surface area contributed by atoms with Crippen molar-refractivity contribution in [3.8, 4) is 0 Å². The number of carbonyl (C=O) groups is 2. The normalized spacial score (nSPS) is 10.4. The molecule has 5 heteroatoms. The Bertz CT molecular complexity index is 752. The molecule has 2 amide bonds. The van der Waals surface area contributed by atoms with Gasteiger partial charge >= 0.3 is 0 Å². The van der Waals surface area contributed by atoms with E-state index in [-0.39, 0.29) is 18.1 Å². The quantitative estimate of drug-likeness (QED) is 0.864. The molecule has 0 saturated carbocycles. The maximum atomic E-state index is 13.7. The zero-order valence-corrected chi connectivity index (χ0v) is 14.8. The van der Waals surface area contributed by atoms with Gasteiger partial charge in [0.15, 0.2) is 0 Å². The minimum atomic E-state index is -0.506. The zero-order valence-electron chi connectivity index (χ0n) is 14.8. The lowest BCUT2D eigenvalue weighted by Gasteiger charge is -2.26. The van der Waals surface area contributed by atoms with E-state index in [0.29, 0.717) is 0 Å². The van der Waals surface area contributed by atoms with Gasteiger partial charge in [-0.1, -0.05) is 44.2 Å². The van der Waals surface area contributed by atoms with Gasteiger partial charge in [-0.25, -0.2) is 4.39 Å². The third-order valence-electron chi connectivity index (χ3n) is 4.06. The molecule has 0 bridgehead atoms. The van der Waals surface area contributed by atoms with Gasteiger partial charge in [0.05, 0.1) is 11.4 Å². The molecule has 0 aromatic heterocycles. The van der Waals surface area contributed by atoms with Crippen molar-refractivity contribution in [1.29, 1.82) is 0 Å². The maximum Gasteiger partial charge on any atom is 0.244 e. The van der Waals surface area contributed by atoms with Gasteiger partial charge in [-0.05, 0) is 36.1 Å². The molecule has 0 atom stereocenters. The molecule has 1 N–H and O–H groups in total. The van der Waals surface area contributed by atoms with Crippen LogP contribution in [-0.2, 0) is 22.4 Å². The lowest BCUT2D eigenvalue weighted by atomic mass is 10.0. The van der Waals surface area contributed by atoms with Crippen LogP contribution in [0.15, 0.2) is 42.5 Å². The first-order chi connectivity index (χ1) is 12.0. The Labute approximate surface area is 147 Å². The molecule has 4 nitrogen and oxygen atoms in total. The Kier molecular flexibility index (Phi) is 6.28. The maximum absolute atomic E-state index is 13.7. The van der Waals surface area contributed by atoms with Crippen LogP contribution < -0.4 is 10.2 Å². The number of nitrogens with one attached hydrogen (secondary N) is 1. The van der Waals surface area contributed by atoms with E-state index >= 15 is 0 Å². The van der Waals surface area contributed by atoms with Crippen LogP contribution in [0.1, 0.15) is 31.9 Å². The van der Waals surface area contributed by atoms with Crippen molar-refractivity contribution >= 4 is 23.2 Å². The van der Waals surface area contributed by atoms with Crippen molar-refractivity contribution in [2.24, 2.45) is 0 Å². The molecule has 0 aliphatic rings. The smallest absolute Gasteiger partial charge is 0.244 e. The summed E-state index contributed by atoms with van der Waals surface area (Å²) >= 11 is 0. The van der Waals surface area contributed by atoms with E-state index < -0.39 is 11.7 Å². The van der Waals surface area contributed by atoms with Gasteiger partial charge in [0.25, 0.3) is 0 Å². The highest BCUT2D eigenvalue weighted by Crippen LogP contribution is 2.27. The summed E-state index contributed by atoms with van der Waals surface area (Å²) < 4.78 is 13.7. The fourth-order valence-electron chi connectivity index (χ4n) is 2.81. The second-order valence-corrected chi connectivity index (χ2v) is 5.77. The molecule has 0 aliphatic heterocycles. The average molecular weight is 342 g/mol. The monoisotopic (exact) mass is 342 g/mol. The molecule has 25 heavy (non-hydrogen) atoms. The summed E-state index contributed by atoms with van der Waals surface area (Å²) in [7, 11) is 0. The third-order valence-corrected chi connectivity index (χ3v) is 4.06. The van der Waals surface area contributed by atoms with Crippen molar-refractivity contribution in [3.05, 3.63) is 59.4 Å². The molecular weight excluding hydrogens is 319 g/mol. The molecule has 0 aliphatic carbocycles. The number of hydrogen-bond donors (Lipinski definition) is 1. The summed E-state index contributed by atoms with van der Waals surface area (Å²) in [6, 6.07) is 11.8. The molecule has 0 saturated heterocycles. The van der Waals surface area contributed by atoms with E-state index in [1.165, 1.54) is 24.0 Å². The van der Waals surface area contributed by atoms with Crippen LogP contribution in [0.3, 0.4) is 0 Å². The fraction of sp³-hybridized carbons (Fsp3) is 0.300. The minimum absolute atomic E-state index is 0.107. The second kappa shape index (κ2) is 8.42. The molecule has 0 radical (unpaired) electrons. The first-order valence-electron chi connectivity index (χ1n) is 8.41. The number of amides is 2. The number of benzene rings is 2. The molecule has 2 aromatic carbocycles. The average Bonchev–Trinajstić information content (AvgIpc) is 2.60. The Hall–Kier alpha value is -2.69. The van der Waals surface area contributed by atoms with Crippen molar-refractivity contribution in [2.75, 3.05) is 16.8 Å². The topological polar surface area (TPSA) is 49.4 Å². The van der Waals surface area contributed by atoms with Crippen molar-refractivity contribution in [1.82, 2.24) is 0 Å². The number of carbonyl (C=O) groups excluding carboxylic acids is 2. The highest BCUT2D eigenvalue weighted by molar-refractivity contribution is 6.02. The Morgan fingerprint density at radius 1 is 1.00 bits per heavy atom. The number of halogens is 1. The molecule has 2 rings (SSSR count). The van der Waals surface area contributed by atoms with Gasteiger partial charge in [0, 0.05) is 6.92 Å². The van der Waals surface area contributed by atoms with Gasteiger partial charge in [-0.2, -0.15) is 0 Å². The zero-order chi connectivity index (χ0) is 18.4. The fourth-order valence-corrected chi connectivity index (χ4v) is 2.81. The Balaban J connectivity index is 2.29. The van der Waals surface area contributed by atoms with E-state index in [1.807, 2.05) is 32.0 Å². The summed E-state index contributed by atoms with van der Waals surface area (Å²) in [5.74, 6) is -1.17. The van der Waals surface area contributed by atoms with Crippen molar-refractivity contribution in [2.45, 2.75) is 33.6 Å². The van der Waals surface area contributed by atoms with Crippen LogP contribution in [0.2, 0.25) is 0 Å². The first-order valence-corrected chi connectivity index (χ1v) is 8.41. The summed E-state index contributed by atoms with van der Waals surface area (Å²) in [5, 5.41) is 2.53. The van der Waals surface area contributed by atoms with Crippen LogP contribution in [0.5, 0.6) is 0 Å². The van der Waals surface area contributed by atoms with Crippen LogP contribution in [0.4, 0.5) is 15.8 Å². The predicted molar refractivity (Wildman–Crippen MR) is 98.3 cm³/mol. The van der Waals surface area contributed by atoms with E-state index in [2.05, 4.69) is 5.32 Å². The van der Waals surface area contributed by atoms with E-state index in [4.69, 9.17) is 0 Å². The van der Waals surface area contributed by atoms with Crippen LogP contribution in [-0.4, -0.2) is 18.4 Å². The number of rotatable bonds is 6. The van der Waals surface area contributed by atoms with Crippen LogP contribution in [0.25, 0.3) is 0 Å². The molecule has 0 fully saturated rings. The van der Waals surface area contributed by atoms with E-state index in [9.17, 15) is 14.0 Å². The second-order valence-electron chi connectivity index (χ2n) is 5.77. The molecule has 2 aromatic rings. The number of aryl methyl sites for hydroxylation is 2. The highest BCUT2D eigenvalue weighted by Gasteiger charge is 2.21. The van der Waals surface area contributed by atoms with Crippen LogP contribution in [0, 0.1) is 5.82 Å². The standard InChI is InChI=1S/C20H23FN2O2/c1-4-15-9-8-10-16(5-2)20(15)23(14(3)24)13-19(25)22-18-12-7-6-11-17(18)21/h6-12H,4-5,13H2,1-3H3,(H,22,25). The first kappa shape index (κ1) is 18.6. The molecule has 0 heterocycles. The lowest BCUT2D eigenvalue weighted by Crippen LogP contribution is -2.38. The number of hydrogen-bond acceptors (Lipinski definition) is 2. The van der Waals surface area contributed by atoms with Gasteiger partial charge in [0.1, 0.15) is 12.4 Å². The number of para-hydroxylation sites is 2. The lowest BCUT2D eigenvalue weighted by molar-refractivity contribution is -0.120. The van der Waals surface area contributed by atoms with Crippen molar-refractivity contribution < 1.29 is 14.0 Å². The molecular formula is C20H23FN2O2. The molecule has 0 unspecified atom stereocenters. The van der Waals surface area contributed by atoms with Gasteiger partial charge in [-0.15, -0.1) is 0 Å². The van der Waals surface area contributed by atoms with E-state index in [0.717, 1.165) is 29.7 Å². The van der Waals surface area contributed by atoms with E-state index in [1.54, 1.807) is 12.1 Å². The summed E-state index contributed by atoms with van der Waals surface area (Å²) in [4.78, 5) is 26.1. The number of anilines is 2. The predicted octanol–water partition coefficient (Wildman–Crippen LogP) is 3.94. The summed E-state index contributed by atoms with van der Waals surface area (Å²) in [6.45, 7) is 5.29. The summed E-state index contributed by atoms with van der Waals surface area (Å²) in [5.41, 5.74) is 2.90. The Morgan fingerprint density at radius 2 is 1.60 bits per heavy atom. The molecule has 0 spiro atoms. The minimum Gasteiger partial charge on any atom is -0.322 e. The largest absolute Gasteiger partial charge is 0.322 e.